The summed E-state index contributed by atoms with van der Waals surface area (Å²) in [5.41, 5.74) is 1.16. The van der Waals surface area contributed by atoms with Crippen molar-refractivity contribution >= 4 is 29.9 Å². The van der Waals surface area contributed by atoms with Crippen molar-refractivity contribution in [3.63, 3.8) is 0 Å². The zero-order valence-corrected chi connectivity index (χ0v) is 18.0. The molecular formula is C20H32IN3O2. The molecule has 0 spiro atoms. The minimum Gasteiger partial charge on any atom is -0.490 e. The van der Waals surface area contributed by atoms with Crippen molar-refractivity contribution in [2.24, 2.45) is 4.99 Å². The molecular weight excluding hydrogens is 441 g/mol. The molecule has 1 heterocycles. The zero-order chi connectivity index (χ0) is 17.5. The smallest absolute Gasteiger partial charge is 0.194 e. The van der Waals surface area contributed by atoms with E-state index in [0.29, 0.717) is 19.2 Å². The predicted octanol–water partition coefficient (Wildman–Crippen LogP) is 3.55. The molecule has 1 aliphatic heterocycles. The number of halogens is 1. The Hall–Kier alpha value is -1.02. The number of likely N-dealkylation sites (tertiary alicyclic amines) is 1. The molecule has 6 heteroatoms. The summed E-state index contributed by atoms with van der Waals surface area (Å²) in [6.07, 6.45) is 7.19. The number of ether oxygens (including phenoxy) is 1. The number of hydrogen-bond acceptors (Lipinski definition) is 3. The fraction of sp³-hybridized carbons (Fsp3) is 0.650. The second-order valence-corrected chi connectivity index (χ2v) is 7.08. The Morgan fingerprint density at radius 2 is 2.08 bits per heavy atom. The third-order valence-corrected chi connectivity index (χ3v) is 4.96. The summed E-state index contributed by atoms with van der Waals surface area (Å²) in [7, 11) is 0. The van der Waals surface area contributed by atoms with Crippen molar-refractivity contribution in [1.82, 2.24) is 10.2 Å². The van der Waals surface area contributed by atoms with Gasteiger partial charge in [-0.2, -0.15) is 0 Å². The van der Waals surface area contributed by atoms with Crippen LogP contribution in [0.15, 0.2) is 29.3 Å². The van der Waals surface area contributed by atoms with Gasteiger partial charge in [0.25, 0.3) is 0 Å². The monoisotopic (exact) mass is 473 g/mol. The minimum absolute atomic E-state index is 0. The largest absolute Gasteiger partial charge is 0.490 e. The van der Waals surface area contributed by atoms with Gasteiger partial charge in [0.1, 0.15) is 5.75 Å². The summed E-state index contributed by atoms with van der Waals surface area (Å²) >= 11 is 0. The van der Waals surface area contributed by atoms with Gasteiger partial charge in [0.15, 0.2) is 5.96 Å². The van der Waals surface area contributed by atoms with E-state index in [9.17, 15) is 5.11 Å². The lowest BCUT2D eigenvalue weighted by atomic mass is 9.98. The summed E-state index contributed by atoms with van der Waals surface area (Å²) in [6, 6.07) is 8.31. The highest BCUT2D eigenvalue weighted by Crippen LogP contribution is 2.24. The Balaban J connectivity index is 0.00000243. The number of benzene rings is 1. The maximum absolute atomic E-state index is 9.75. The van der Waals surface area contributed by atoms with Gasteiger partial charge in [-0.05, 0) is 56.7 Å². The second kappa shape index (κ2) is 11.0. The first-order valence-electron chi connectivity index (χ1n) is 9.71. The molecule has 1 atom stereocenters. The number of nitrogens with one attached hydrogen (secondary N) is 1. The number of aliphatic hydroxyl groups is 1. The number of aliphatic hydroxyl groups excluding tert-OH is 1. The molecule has 0 aromatic heterocycles. The van der Waals surface area contributed by atoms with Gasteiger partial charge in [-0.1, -0.05) is 18.6 Å². The van der Waals surface area contributed by atoms with Crippen LogP contribution in [0.2, 0.25) is 0 Å². The lowest BCUT2D eigenvalue weighted by Gasteiger charge is -2.23. The number of guanidine groups is 1. The van der Waals surface area contributed by atoms with Crippen molar-refractivity contribution in [3.8, 4) is 5.75 Å². The van der Waals surface area contributed by atoms with E-state index in [-0.39, 0.29) is 30.1 Å². The van der Waals surface area contributed by atoms with Crippen LogP contribution in [0.5, 0.6) is 5.75 Å². The van der Waals surface area contributed by atoms with Crippen LogP contribution in [0, 0.1) is 0 Å². The van der Waals surface area contributed by atoms with E-state index >= 15 is 0 Å². The number of hydrogen-bond donors (Lipinski definition) is 2. The standard InChI is InChI=1S/C20H31N3O2.HI/c1-2-21-20(23-12-11-17(24)15-23)22-14-16-7-6-10-19(13-16)25-18-8-4-3-5-9-18;/h6-7,10,13,17-18,24H,2-5,8-9,11-12,14-15H2,1H3,(H,21,22);1H/t17-;/m1./s1. The Morgan fingerprint density at radius 1 is 1.27 bits per heavy atom. The van der Waals surface area contributed by atoms with E-state index < -0.39 is 0 Å². The number of β-amino-alcohol motifs (C(OH)–C–C–N with tert-alkyl or cyclic N) is 1. The summed E-state index contributed by atoms with van der Waals surface area (Å²) in [5, 5.41) is 13.1. The quantitative estimate of drug-likeness (QED) is 0.390. The van der Waals surface area contributed by atoms with Crippen LogP contribution in [0.3, 0.4) is 0 Å². The van der Waals surface area contributed by atoms with Gasteiger partial charge >= 0.3 is 0 Å². The van der Waals surface area contributed by atoms with E-state index in [2.05, 4.69) is 35.3 Å². The Kier molecular flexibility index (Phi) is 8.98. The highest BCUT2D eigenvalue weighted by atomic mass is 127. The fourth-order valence-electron chi connectivity index (χ4n) is 3.62. The van der Waals surface area contributed by atoms with E-state index in [4.69, 9.17) is 9.73 Å². The Labute approximate surface area is 174 Å². The molecule has 2 aliphatic rings. The first-order chi connectivity index (χ1) is 12.2. The fourth-order valence-corrected chi connectivity index (χ4v) is 3.62. The average molecular weight is 473 g/mol. The summed E-state index contributed by atoms with van der Waals surface area (Å²) < 4.78 is 6.16. The van der Waals surface area contributed by atoms with E-state index in [0.717, 1.165) is 36.8 Å². The first-order valence-corrected chi connectivity index (χ1v) is 9.71. The molecule has 5 nitrogen and oxygen atoms in total. The molecule has 1 aromatic rings. The van der Waals surface area contributed by atoms with Crippen molar-refractivity contribution in [1.29, 1.82) is 0 Å². The lowest BCUT2D eigenvalue weighted by molar-refractivity contribution is 0.155. The molecule has 0 unspecified atom stereocenters. The van der Waals surface area contributed by atoms with Crippen LogP contribution in [-0.4, -0.2) is 47.8 Å². The van der Waals surface area contributed by atoms with Crippen LogP contribution in [-0.2, 0) is 6.54 Å². The topological polar surface area (TPSA) is 57.1 Å². The summed E-state index contributed by atoms with van der Waals surface area (Å²) in [5.74, 6) is 1.85. The van der Waals surface area contributed by atoms with Gasteiger partial charge in [-0.15, -0.1) is 24.0 Å². The average Bonchev–Trinajstić information content (AvgIpc) is 3.06. The van der Waals surface area contributed by atoms with Crippen LogP contribution in [0.4, 0.5) is 0 Å². The first kappa shape index (κ1) is 21.3. The molecule has 1 saturated heterocycles. The molecule has 1 saturated carbocycles. The van der Waals surface area contributed by atoms with Gasteiger partial charge in [0.2, 0.25) is 0 Å². The normalized spacial score (nSPS) is 21.4. The number of rotatable bonds is 5. The minimum atomic E-state index is -0.240. The maximum Gasteiger partial charge on any atom is 0.194 e. The van der Waals surface area contributed by atoms with E-state index in [1.807, 2.05) is 6.07 Å². The molecule has 1 aliphatic carbocycles. The van der Waals surface area contributed by atoms with Gasteiger partial charge in [0, 0.05) is 19.6 Å². The van der Waals surface area contributed by atoms with Gasteiger partial charge < -0.3 is 20.1 Å². The molecule has 3 rings (SSSR count). The number of aliphatic imine (C=N–C) groups is 1. The Bertz CT molecular complexity index is 576. The van der Waals surface area contributed by atoms with Crippen LogP contribution >= 0.6 is 24.0 Å². The molecule has 2 N–H and O–H groups in total. The molecule has 0 amide bonds. The van der Waals surface area contributed by atoms with Crippen molar-refractivity contribution in [2.75, 3.05) is 19.6 Å². The summed E-state index contributed by atoms with van der Waals surface area (Å²) in [6.45, 7) is 5.04. The maximum atomic E-state index is 9.75. The van der Waals surface area contributed by atoms with Crippen molar-refractivity contribution in [3.05, 3.63) is 29.8 Å². The predicted molar refractivity (Wildman–Crippen MR) is 116 cm³/mol. The third-order valence-electron chi connectivity index (χ3n) is 4.96. The highest BCUT2D eigenvalue weighted by molar-refractivity contribution is 14.0. The highest BCUT2D eigenvalue weighted by Gasteiger charge is 2.22. The number of nitrogens with zero attached hydrogens (tertiary/aromatic N) is 2. The molecule has 146 valence electrons. The molecule has 0 radical (unpaired) electrons. The van der Waals surface area contributed by atoms with Crippen molar-refractivity contribution < 1.29 is 9.84 Å². The summed E-state index contributed by atoms with van der Waals surface area (Å²) in [4.78, 5) is 6.89. The molecule has 0 bridgehead atoms. The third kappa shape index (κ3) is 6.30. The van der Waals surface area contributed by atoms with Gasteiger partial charge in [-0.3, -0.25) is 0 Å². The SMILES string of the molecule is CCNC(=NCc1cccc(OC2CCCCC2)c1)N1CC[C@@H](O)C1.I. The van der Waals surface area contributed by atoms with Gasteiger partial charge in [-0.25, -0.2) is 4.99 Å². The van der Waals surface area contributed by atoms with Gasteiger partial charge in [0.05, 0.1) is 18.8 Å². The van der Waals surface area contributed by atoms with Crippen molar-refractivity contribution in [2.45, 2.75) is 64.2 Å². The van der Waals surface area contributed by atoms with Crippen LogP contribution in [0.25, 0.3) is 0 Å². The molecule has 26 heavy (non-hydrogen) atoms. The molecule has 1 aromatic carbocycles. The Morgan fingerprint density at radius 3 is 2.77 bits per heavy atom. The second-order valence-electron chi connectivity index (χ2n) is 7.08. The lowest BCUT2D eigenvalue weighted by Crippen LogP contribution is -2.40. The van der Waals surface area contributed by atoms with E-state index in [1.54, 1.807) is 0 Å². The van der Waals surface area contributed by atoms with Crippen LogP contribution < -0.4 is 10.1 Å². The van der Waals surface area contributed by atoms with Crippen LogP contribution in [0.1, 0.15) is 51.0 Å². The molecule has 2 fully saturated rings. The van der Waals surface area contributed by atoms with E-state index in [1.165, 1.54) is 32.1 Å². The zero-order valence-electron chi connectivity index (χ0n) is 15.7.